The highest BCUT2D eigenvalue weighted by molar-refractivity contribution is 5.89. The van der Waals surface area contributed by atoms with E-state index in [1.54, 1.807) is 24.3 Å². The van der Waals surface area contributed by atoms with E-state index in [-0.39, 0.29) is 5.75 Å². The first-order chi connectivity index (χ1) is 6.29. The van der Waals surface area contributed by atoms with Gasteiger partial charge in [0.2, 0.25) is 0 Å². The lowest BCUT2D eigenvalue weighted by molar-refractivity contribution is 0.112. The first kappa shape index (κ1) is 7.80. The van der Waals surface area contributed by atoms with Crippen LogP contribution in [0.5, 0.6) is 5.75 Å². The number of hydrogen-bond acceptors (Lipinski definition) is 2. The van der Waals surface area contributed by atoms with Crippen LogP contribution in [0.1, 0.15) is 10.4 Å². The number of phenolic OH excluding ortho intramolecular Hbond substituents is 1. The molecule has 0 heterocycles. The van der Waals surface area contributed by atoms with Gasteiger partial charge >= 0.3 is 0 Å². The lowest BCUT2D eigenvalue weighted by Gasteiger charge is -1.98. The molecule has 0 fully saturated rings. The summed E-state index contributed by atoms with van der Waals surface area (Å²) in [5.41, 5.74) is 0.623. The third kappa shape index (κ3) is 1.38. The normalized spacial score (nSPS) is 10.2. The van der Waals surface area contributed by atoms with Crippen molar-refractivity contribution in [1.29, 1.82) is 0 Å². The Balaban J connectivity index is 2.74. The van der Waals surface area contributed by atoms with Crippen LogP contribution in [0.2, 0.25) is 0 Å². The van der Waals surface area contributed by atoms with Crippen molar-refractivity contribution >= 4 is 17.1 Å². The maximum absolute atomic E-state index is 10.5. The molecule has 0 aliphatic carbocycles. The topological polar surface area (TPSA) is 37.3 Å². The van der Waals surface area contributed by atoms with Crippen LogP contribution in [-0.2, 0) is 0 Å². The quantitative estimate of drug-likeness (QED) is 0.670. The van der Waals surface area contributed by atoms with Crippen molar-refractivity contribution in [2.75, 3.05) is 0 Å². The summed E-state index contributed by atoms with van der Waals surface area (Å²) in [6.45, 7) is 0. The molecular weight excluding hydrogens is 164 g/mol. The standard InChI is InChI=1S/C11H8O2/c12-7-8-1-2-9-3-4-11(13)6-10(9)5-8/h1-7,13H. The van der Waals surface area contributed by atoms with Gasteiger partial charge in [-0.1, -0.05) is 18.2 Å². The number of aromatic hydroxyl groups is 1. The zero-order valence-corrected chi connectivity index (χ0v) is 6.90. The largest absolute Gasteiger partial charge is 0.508 e. The van der Waals surface area contributed by atoms with E-state index in [1.807, 2.05) is 12.1 Å². The van der Waals surface area contributed by atoms with E-state index in [1.165, 1.54) is 0 Å². The molecule has 64 valence electrons. The smallest absolute Gasteiger partial charge is 0.150 e. The van der Waals surface area contributed by atoms with Gasteiger partial charge in [0.1, 0.15) is 12.0 Å². The Kier molecular flexibility index (Phi) is 1.74. The molecule has 0 saturated carbocycles. The fraction of sp³-hybridized carbons (Fsp3) is 0. The fourth-order valence-electron chi connectivity index (χ4n) is 1.33. The Hall–Kier alpha value is -1.83. The zero-order chi connectivity index (χ0) is 9.26. The maximum atomic E-state index is 10.5. The second-order valence-electron chi connectivity index (χ2n) is 2.91. The maximum Gasteiger partial charge on any atom is 0.150 e. The monoisotopic (exact) mass is 172 g/mol. The van der Waals surface area contributed by atoms with Crippen molar-refractivity contribution in [2.24, 2.45) is 0 Å². The number of aldehydes is 1. The van der Waals surface area contributed by atoms with Crippen molar-refractivity contribution in [3.05, 3.63) is 42.0 Å². The van der Waals surface area contributed by atoms with E-state index in [2.05, 4.69) is 0 Å². The molecule has 0 saturated heterocycles. The highest BCUT2D eigenvalue weighted by Gasteiger charge is 1.96. The predicted octanol–water partition coefficient (Wildman–Crippen LogP) is 2.36. The third-order valence-electron chi connectivity index (χ3n) is 1.98. The number of fused-ring (bicyclic) bond motifs is 1. The van der Waals surface area contributed by atoms with E-state index in [9.17, 15) is 9.90 Å². The molecule has 0 aliphatic rings. The Labute approximate surface area is 75.4 Å². The average molecular weight is 172 g/mol. The second kappa shape index (κ2) is 2.90. The summed E-state index contributed by atoms with van der Waals surface area (Å²) in [5.74, 6) is 0.218. The van der Waals surface area contributed by atoms with Gasteiger partial charge in [-0.15, -0.1) is 0 Å². The Morgan fingerprint density at radius 2 is 1.77 bits per heavy atom. The molecule has 0 unspecified atom stereocenters. The van der Waals surface area contributed by atoms with Gasteiger partial charge in [-0.05, 0) is 29.0 Å². The van der Waals surface area contributed by atoms with Crippen molar-refractivity contribution in [3.8, 4) is 5.75 Å². The number of phenols is 1. The van der Waals surface area contributed by atoms with Gasteiger partial charge in [0.05, 0.1) is 0 Å². The molecule has 0 aromatic heterocycles. The molecule has 0 spiro atoms. The molecule has 2 heteroatoms. The molecule has 0 amide bonds. The van der Waals surface area contributed by atoms with Gasteiger partial charge < -0.3 is 5.11 Å². The molecule has 2 aromatic rings. The number of hydrogen-bond donors (Lipinski definition) is 1. The van der Waals surface area contributed by atoms with Crippen molar-refractivity contribution in [1.82, 2.24) is 0 Å². The zero-order valence-electron chi connectivity index (χ0n) is 6.90. The van der Waals surface area contributed by atoms with Crippen LogP contribution in [0.25, 0.3) is 10.8 Å². The van der Waals surface area contributed by atoms with E-state index in [0.717, 1.165) is 17.1 Å². The minimum absolute atomic E-state index is 0.218. The number of benzene rings is 2. The summed E-state index contributed by atoms with van der Waals surface area (Å²) in [4.78, 5) is 10.5. The average Bonchev–Trinajstić information content (AvgIpc) is 2.16. The number of rotatable bonds is 1. The van der Waals surface area contributed by atoms with E-state index in [0.29, 0.717) is 5.56 Å². The molecule has 0 atom stereocenters. The second-order valence-corrected chi connectivity index (χ2v) is 2.91. The van der Waals surface area contributed by atoms with Gasteiger partial charge in [0, 0.05) is 5.56 Å². The summed E-state index contributed by atoms with van der Waals surface area (Å²) in [6.07, 6.45) is 0.795. The van der Waals surface area contributed by atoms with Crippen LogP contribution < -0.4 is 0 Å². The molecule has 0 aliphatic heterocycles. The van der Waals surface area contributed by atoms with Gasteiger partial charge in [-0.2, -0.15) is 0 Å². The number of carbonyl (C=O) groups excluding carboxylic acids is 1. The van der Waals surface area contributed by atoms with Gasteiger partial charge in [-0.3, -0.25) is 4.79 Å². The summed E-state index contributed by atoms with van der Waals surface area (Å²) in [6, 6.07) is 10.5. The lowest BCUT2D eigenvalue weighted by atomic mass is 10.1. The van der Waals surface area contributed by atoms with Crippen LogP contribution in [0.3, 0.4) is 0 Å². The van der Waals surface area contributed by atoms with Crippen molar-refractivity contribution < 1.29 is 9.90 Å². The molecule has 2 aromatic carbocycles. The van der Waals surface area contributed by atoms with Crippen LogP contribution in [0.4, 0.5) is 0 Å². The minimum atomic E-state index is 0.218. The van der Waals surface area contributed by atoms with Gasteiger partial charge in [0.15, 0.2) is 0 Å². The molecule has 2 rings (SSSR count). The molecule has 0 radical (unpaired) electrons. The first-order valence-electron chi connectivity index (χ1n) is 3.97. The summed E-state index contributed by atoms with van der Waals surface area (Å²) in [5, 5.41) is 11.1. The Morgan fingerprint density at radius 3 is 2.54 bits per heavy atom. The predicted molar refractivity (Wildman–Crippen MR) is 51.0 cm³/mol. The molecular formula is C11H8O2. The first-order valence-corrected chi connectivity index (χ1v) is 3.97. The minimum Gasteiger partial charge on any atom is -0.508 e. The van der Waals surface area contributed by atoms with E-state index < -0.39 is 0 Å². The highest BCUT2D eigenvalue weighted by Crippen LogP contribution is 2.20. The van der Waals surface area contributed by atoms with Crippen LogP contribution in [-0.4, -0.2) is 11.4 Å². The molecule has 0 bridgehead atoms. The van der Waals surface area contributed by atoms with E-state index >= 15 is 0 Å². The molecule has 2 nitrogen and oxygen atoms in total. The van der Waals surface area contributed by atoms with E-state index in [4.69, 9.17) is 0 Å². The fourth-order valence-corrected chi connectivity index (χ4v) is 1.33. The van der Waals surface area contributed by atoms with Crippen LogP contribution >= 0.6 is 0 Å². The lowest BCUT2D eigenvalue weighted by Crippen LogP contribution is -1.79. The highest BCUT2D eigenvalue weighted by atomic mass is 16.3. The van der Waals surface area contributed by atoms with Crippen molar-refractivity contribution in [3.63, 3.8) is 0 Å². The molecule has 13 heavy (non-hydrogen) atoms. The summed E-state index contributed by atoms with van der Waals surface area (Å²) < 4.78 is 0. The summed E-state index contributed by atoms with van der Waals surface area (Å²) >= 11 is 0. The molecule has 1 N–H and O–H groups in total. The summed E-state index contributed by atoms with van der Waals surface area (Å²) in [7, 11) is 0. The third-order valence-corrected chi connectivity index (χ3v) is 1.98. The Bertz CT molecular complexity index is 461. The van der Waals surface area contributed by atoms with Crippen LogP contribution in [0, 0.1) is 0 Å². The Morgan fingerprint density at radius 1 is 1.00 bits per heavy atom. The van der Waals surface area contributed by atoms with Gasteiger partial charge in [0.25, 0.3) is 0 Å². The van der Waals surface area contributed by atoms with Crippen LogP contribution in [0.15, 0.2) is 36.4 Å². The SMILES string of the molecule is O=Cc1ccc2ccc(O)cc2c1. The number of carbonyl (C=O) groups is 1. The van der Waals surface area contributed by atoms with Gasteiger partial charge in [-0.25, -0.2) is 0 Å². The van der Waals surface area contributed by atoms with Crippen molar-refractivity contribution in [2.45, 2.75) is 0 Å².